The molecule has 0 spiro atoms. The van der Waals surface area contributed by atoms with E-state index in [9.17, 15) is 114 Å². The van der Waals surface area contributed by atoms with Crippen molar-refractivity contribution in [3.8, 4) is 0 Å². The molecule has 0 aliphatic carbocycles. The molecule has 1 N–H and O–H groups in total. The highest BCUT2D eigenvalue weighted by molar-refractivity contribution is 7.94. The van der Waals surface area contributed by atoms with Gasteiger partial charge in [-0.15, -0.1) is 0 Å². The lowest BCUT2D eigenvalue weighted by Gasteiger charge is -2.44. The summed E-state index contributed by atoms with van der Waals surface area (Å²) in [7, 11) is -9.75. The Labute approximate surface area is 200 Å². The van der Waals surface area contributed by atoms with E-state index in [1.165, 1.54) is 0 Å². The Kier molecular flexibility index (Phi) is 8.42. The molecule has 0 fully saturated rings. The first-order valence-electron chi connectivity index (χ1n) is 8.02. The van der Waals surface area contributed by atoms with Crippen LogP contribution in [0.1, 0.15) is 0 Å². The molecule has 28 heteroatoms. The van der Waals surface area contributed by atoms with E-state index in [1.807, 2.05) is 0 Å². The molecule has 0 aliphatic rings. The minimum Gasteiger partial charge on any atom is -0.478 e. The van der Waals surface area contributed by atoms with E-state index >= 15 is 0 Å². The van der Waals surface area contributed by atoms with Gasteiger partial charge in [0.2, 0.25) is 0 Å². The standard InChI is InChI=1S/C12HF23O4S/c13-2(1(36)37,40(38,39)12(34,35)11(31,32)33)3(14,15)4(16,17)5(18,19)6(20,21)7(22,23)8(24,25)9(26,27)10(28,29)30/h(H,36,37). The second kappa shape index (κ2) is 8.90. The second-order valence-corrected chi connectivity index (χ2v) is 9.02. The van der Waals surface area contributed by atoms with Crippen LogP contribution in [-0.2, 0) is 14.6 Å². The van der Waals surface area contributed by atoms with Crippen molar-refractivity contribution in [2.75, 3.05) is 0 Å². The number of carboxylic acids is 1. The number of aliphatic carboxylic acids is 1. The topological polar surface area (TPSA) is 71.4 Å². The summed E-state index contributed by atoms with van der Waals surface area (Å²) in [5.74, 6) is -70.6. The third-order valence-corrected chi connectivity index (χ3v) is 6.52. The molecule has 40 heavy (non-hydrogen) atoms. The maximum atomic E-state index is 14.2. The Hall–Kier alpha value is -2.19. The summed E-state index contributed by atoms with van der Waals surface area (Å²) >= 11 is 0. The van der Waals surface area contributed by atoms with Gasteiger partial charge in [0, 0.05) is 0 Å². The molecule has 1 unspecified atom stereocenters. The predicted molar refractivity (Wildman–Crippen MR) is 72.1 cm³/mol. The quantitative estimate of drug-likeness (QED) is 0.275. The van der Waals surface area contributed by atoms with Gasteiger partial charge in [0.1, 0.15) is 0 Å². The molecule has 0 radical (unpaired) electrons. The Morgan fingerprint density at radius 1 is 0.400 bits per heavy atom. The first kappa shape index (κ1) is 37.8. The van der Waals surface area contributed by atoms with Crippen LogP contribution >= 0.6 is 0 Å². The van der Waals surface area contributed by atoms with Crippen molar-refractivity contribution in [1.82, 2.24) is 0 Å². The molecule has 1 atom stereocenters. The van der Waals surface area contributed by atoms with Crippen LogP contribution in [0.15, 0.2) is 0 Å². The first-order valence-corrected chi connectivity index (χ1v) is 9.50. The highest BCUT2D eigenvalue weighted by Crippen LogP contribution is 2.66. The number of hydrogen-bond donors (Lipinski definition) is 1. The van der Waals surface area contributed by atoms with Crippen LogP contribution in [0.2, 0.25) is 0 Å². The smallest absolute Gasteiger partial charge is 0.469 e. The number of carbonyl (C=O) groups is 1. The fourth-order valence-corrected chi connectivity index (χ4v) is 3.47. The van der Waals surface area contributed by atoms with Crippen molar-refractivity contribution in [3.63, 3.8) is 0 Å². The summed E-state index contributed by atoms with van der Waals surface area (Å²) in [4.78, 5) is 10.5. The summed E-state index contributed by atoms with van der Waals surface area (Å²) in [6.07, 6.45) is -16.2. The molecule has 0 aromatic carbocycles. The largest absolute Gasteiger partial charge is 0.478 e. The van der Waals surface area contributed by atoms with Crippen LogP contribution in [0.5, 0.6) is 0 Å². The van der Waals surface area contributed by atoms with Gasteiger partial charge >= 0.3 is 70.0 Å². The number of alkyl halides is 23. The number of hydrogen-bond acceptors (Lipinski definition) is 3. The van der Waals surface area contributed by atoms with Crippen molar-refractivity contribution in [2.45, 2.75) is 64.1 Å². The van der Waals surface area contributed by atoms with Gasteiger partial charge in [-0.1, -0.05) is 0 Å². The van der Waals surface area contributed by atoms with Gasteiger partial charge in [-0.3, -0.25) is 0 Å². The van der Waals surface area contributed by atoms with Crippen LogP contribution < -0.4 is 0 Å². The maximum Gasteiger partial charge on any atom is 0.469 e. The molecule has 0 bridgehead atoms. The third kappa shape index (κ3) is 4.11. The van der Waals surface area contributed by atoms with Gasteiger partial charge in [0.05, 0.1) is 0 Å². The molecule has 0 amide bonds. The molecule has 4 nitrogen and oxygen atoms in total. The molecule has 0 aromatic rings. The van der Waals surface area contributed by atoms with E-state index in [2.05, 4.69) is 0 Å². The predicted octanol–water partition coefficient (Wildman–Crippen LogP) is 6.32. The molecule has 0 aromatic heterocycles. The van der Waals surface area contributed by atoms with Crippen molar-refractivity contribution < 1.29 is 119 Å². The van der Waals surface area contributed by atoms with Crippen LogP contribution in [-0.4, -0.2) is 83.6 Å². The zero-order valence-electron chi connectivity index (χ0n) is 16.8. The van der Waals surface area contributed by atoms with Crippen molar-refractivity contribution in [2.24, 2.45) is 0 Å². The molecular formula is C12HF23O4S. The van der Waals surface area contributed by atoms with Crippen LogP contribution in [0.25, 0.3) is 0 Å². The van der Waals surface area contributed by atoms with Crippen molar-refractivity contribution in [1.29, 1.82) is 0 Å². The average molecular weight is 678 g/mol. The van der Waals surface area contributed by atoms with Crippen LogP contribution in [0, 0.1) is 0 Å². The summed E-state index contributed by atoms with van der Waals surface area (Å²) < 4.78 is 322. The molecule has 0 rings (SSSR count). The monoisotopic (exact) mass is 678 g/mol. The van der Waals surface area contributed by atoms with Crippen molar-refractivity contribution >= 4 is 15.8 Å². The van der Waals surface area contributed by atoms with E-state index in [4.69, 9.17) is 5.11 Å². The lowest BCUT2D eigenvalue weighted by Crippen LogP contribution is -2.78. The van der Waals surface area contributed by atoms with Crippen LogP contribution in [0.4, 0.5) is 101 Å². The summed E-state index contributed by atoms with van der Waals surface area (Å²) in [6.45, 7) is 0. The van der Waals surface area contributed by atoms with Gasteiger partial charge in [0.25, 0.3) is 9.84 Å². The van der Waals surface area contributed by atoms with Crippen molar-refractivity contribution in [3.05, 3.63) is 0 Å². The first-order chi connectivity index (χ1) is 16.7. The zero-order chi connectivity index (χ0) is 33.6. The Morgan fingerprint density at radius 3 is 0.825 bits per heavy atom. The summed E-state index contributed by atoms with van der Waals surface area (Å²) in [6, 6.07) is 0. The van der Waals surface area contributed by atoms with E-state index in [0.717, 1.165) is 0 Å². The molecule has 0 aliphatic heterocycles. The van der Waals surface area contributed by atoms with Crippen LogP contribution in [0.3, 0.4) is 0 Å². The number of carboxylic acid groups (broad SMARTS) is 1. The van der Waals surface area contributed by atoms with E-state index in [0.29, 0.717) is 0 Å². The molecule has 0 saturated carbocycles. The van der Waals surface area contributed by atoms with E-state index in [-0.39, 0.29) is 0 Å². The van der Waals surface area contributed by atoms with Gasteiger partial charge in [-0.2, -0.15) is 96.6 Å². The number of sulfone groups is 1. The maximum absolute atomic E-state index is 14.2. The fraction of sp³-hybridized carbons (Fsp3) is 0.917. The average Bonchev–Trinajstić information content (AvgIpc) is 2.69. The minimum atomic E-state index is -9.75. The lowest BCUT2D eigenvalue weighted by atomic mass is 9.88. The Balaban J connectivity index is 7.69. The van der Waals surface area contributed by atoms with E-state index < -0.39 is 79.9 Å². The molecule has 240 valence electrons. The minimum absolute atomic E-state index is 5.35. The lowest BCUT2D eigenvalue weighted by molar-refractivity contribution is -0.463. The molecule has 0 saturated heterocycles. The molecular weight excluding hydrogens is 677 g/mol. The summed E-state index contributed by atoms with van der Waals surface area (Å²) in [5, 5.41) is -9.01. The van der Waals surface area contributed by atoms with Gasteiger partial charge < -0.3 is 5.11 Å². The SMILES string of the molecule is O=C(O)C(F)(C(F)(F)C(F)(F)C(F)(F)C(F)(F)C(F)(F)C(F)(F)C(F)(F)C(F)(F)F)S(=O)(=O)C(F)(F)C(F)(F)F. The summed E-state index contributed by atoms with van der Waals surface area (Å²) in [5.41, 5.74) is 0. The zero-order valence-corrected chi connectivity index (χ0v) is 17.6. The fourth-order valence-electron chi connectivity index (χ4n) is 2.11. The van der Waals surface area contributed by atoms with Gasteiger partial charge in [-0.25, -0.2) is 17.6 Å². The second-order valence-electron chi connectivity index (χ2n) is 6.94. The highest BCUT2D eigenvalue weighted by Gasteiger charge is 2.99. The highest BCUT2D eigenvalue weighted by atomic mass is 32.2. The third-order valence-electron chi connectivity index (χ3n) is 4.44. The number of halogens is 23. The van der Waals surface area contributed by atoms with Gasteiger partial charge in [0.15, 0.2) is 0 Å². The number of rotatable bonds is 10. The van der Waals surface area contributed by atoms with Gasteiger partial charge in [-0.05, 0) is 0 Å². The Bertz CT molecular complexity index is 1100. The molecule has 0 heterocycles. The normalized spacial score (nSPS) is 18.0. The Morgan fingerprint density at radius 2 is 0.625 bits per heavy atom. The van der Waals surface area contributed by atoms with E-state index in [1.54, 1.807) is 0 Å².